The fraction of sp³-hybridized carbons (Fsp3) is 0.300. The number of nitrogens with zero attached hydrogens (tertiary/aromatic N) is 12. The van der Waals surface area contributed by atoms with Crippen molar-refractivity contribution in [1.29, 1.82) is 0 Å². The number of aromatic nitrogens is 14. The molecule has 68 heavy (non-hydrogen) atoms. The van der Waals surface area contributed by atoms with Crippen molar-refractivity contribution >= 4 is 67.1 Å². The van der Waals surface area contributed by atoms with E-state index in [1.165, 1.54) is 6.42 Å². The number of piperidine rings is 2. The van der Waals surface area contributed by atoms with E-state index < -0.39 is 5.41 Å². The number of pyridine rings is 6. The number of fused-ring (bicyclic) bond motifs is 4. The maximum absolute atomic E-state index is 12.7. The minimum absolute atomic E-state index is 0.0959. The number of hydrogen-bond donors (Lipinski definition) is 5. The Balaban J connectivity index is 0.886. The van der Waals surface area contributed by atoms with Gasteiger partial charge in [0.05, 0.1) is 76.0 Å². The van der Waals surface area contributed by atoms with Crippen LogP contribution in [0.4, 0.5) is 17.1 Å². The van der Waals surface area contributed by atoms with Crippen LogP contribution in [0.25, 0.3) is 89.7 Å². The molecule has 1 atom stereocenters. The second-order valence-electron chi connectivity index (χ2n) is 19.0. The molecule has 0 bridgehead atoms. The van der Waals surface area contributed by atoms with Crippen LogP contribution < -0.4 is 15.1 Å². The van der Waals surface area contributed by atoms with Gasteiger partial charge in [-0.25, -0.2) is 19.9 Å². The highest BCUT2D eigenvalue weighted by atomic mass is 16.2. The molecule has 2 fully saturated rings. The summed E-state index contributed by atoms with van der Waals surface area (Å²) in [4.78, 5) is 63.5. The van der Waals surface area contributed by atoms with Crippen molar-refractivity contribution in [2.45, 2.75) is 65.7 Å². The third kappa shape index (κ3) is 7.32. The number of aryl methyl sites for hydroxylation is 1. The molecule has 2 aliphatic rings. The smallest absolute Gasteiger partial charge is 0.229 e. The van der Waals surface area contributed by atoms with E-state index >= 15 is 0 Å². The molecule has 18 nitrogen and oxygen atoms in total. The van der Waals surface area contributed by atoms with E-state index in [4.69, 9.17) is 30.0 Å². The number of amides is 1. The van der Waals surface area contributed by atoms with Crippen molar-refractivity contribution < 1.29 is 4.79 Å². The molecule has 1 unspecified atom stereocenters. The van der Waals surface area contributed by atoms with E-state index in [0.717, 1.165) is 129 Å². The Morgan fingerprint density at radius 1 is 0.662 bits per heavy atom. The summed E-state index contributed by atoms with van der Waals surface area (Å²) in [6, 6.07) is 9.95. The van der Waals surface area contributed by atoms with Gasteiger partial charge in [0.1, 0.15) is 33.3 Å². The van der Waals surface area contributed by atoms with Gasteiger partial charge >= 0.3 is 0 Å². The van der Waals surface area contributed by atoms with Gasteiger partial charge in [-0.15, -0.1) is 0 Å². The molecule has 0 spiro atoms. The molecule has 0 aromatic carbocycles. The Kier molecular flexibility index (Phi) is 9.91. The molecule has 18 heteroatoms. The predicted molar refractivity (Wildman–Crippen MR) is 263 cm³/mol. The number of rotatable bonds is 8. The standard InChI is InChI=1S/C50H49N17O/c1-27-12-13-51-21-32(27)35-18-31(40-44(57-35)46(65-63-40)48-59-36-22-53-24-38(41(36)60-48)66-14-6-5-7-15-66)28-9-8-16-67(26-28)39-25-54-23-37-42(39)61-47(58-37)45-43-34(62-64-45)11-10-33(56-43)29-17-30(20-52-19-29)55-49(68)50(2,3)4/h10-13,17-25,28H,5-9,14-16,26H2,1-4H3,(H,55,68)(H,58,61)(H,59,60)(H,62,64)(H,63,65). The molecule has 12 rings (SSSR count). The number of nitrogens with one attached hydrogen (secondary N) is 5. The zero-order chi connectivity index (χ0) is 46.1. The molecule has 10 aromatic rings. The van der Waals surface area contributed by atoms with Gasteiger partial charge in [-0.05, 0) is 80.5 Å². The van der Waals surface area contributed by atoms with Gasteiger partial charge in [-0.3, -0.25) is 34.9 Å². The zero-order valence-corrected chi connectivity index (χ0v) is 38.2. The van der Waals surface area contributed by atoms with Gasteiger partial charge in [0.15, 0.2) is 17.3 Å². The SMILES string of the molecule is Cc1ccncc1-c1cc(C2CCCN(c3cncc4[nH]c(-c5n[nH]c6ccc(-c7cncc(NC(=O)C(C)(C)C)c7)nc56)nc34)C2)c2n[nH]c(-c3nc4c(N5CCCCC5)cncc4[nH]3)c2n1. The molecule has 1 amide bonds. The summed E-state index contributed by atoms with van der Waals surface area (Å²) in [6.07, 6.45) is 20.0. The lowest BCUT2D eigenvalue weighted by Crippen LogP contribution is -2.34. The van der Waals surface area contributed by atoms with Crippen molar-refractivity contribution in [1.82, 2.24) is 70.2 Å². The Hall–Kier alpha value is -8.15. The lowest BCUT2D eigenvalue weighted by Gasteiger charge is -2.34. The summed E-state index contributed by atoms with van der Waals surface area (Å²) in [7, 11) is 0. The first-order valence-corrected chi connectivity index (χ1v) is 23.2. The molecule has 0 radical (unpaired) electrons. The molecule has 0 saturated carbocycles. The predicted octanol–water partition coefficient (Wildman–Crippen LogP) is 8.90. The van der Waals surface area contributed by atoms with Gasteiger partial charge in [-0.2, -0.15) is 10.2 Å². The highest BCUT2D eigenvalue weighted by Crippen LogP contribution is 2.40. The fourth-order valence-corrected chi connectivity index (χ4v) is 9.67. The Bertz CT molecular complexity index is 3550. The van der Waals surface area contributed by atoms with Crippen LogP contribution in [0.15, 0.2) is 79.9 Å². The summed E-state index contributed by atoms with van der Waals surface area (Å²) in [5.41, 5.74) is 15.1. The average Bonchev–Trinajstić information content (AvgIpc) is 4.18. The fourth-order valence-electron chi connectivity index (χ4n) is 9.67. The topological polar surface area (TPSA) is 228 Å². The molecule has 340 valence electrons. The van der Waals surface area contributed by atoms with Crippen molar-refractivity contribution in [2.75, 3.05) is 41.3 Å². The highest BCUT2D eigenvalue weighted by Gasteiger charge is 2.30. The van der Waals surface area contributed by atoms with E-state index in [2.05, 4.69) is 68.3 Å². The minimum Gasteiger partial charge on any atom is -0.368 e. The second kappa shape index (κ2) is 16.3. The molecule has 2 saturated heterocycles. The van der Waals surface area contributed by atoms with Gasteiger partial charge in [-0.1, -0.05) is 20.8 Å². The van der Waals surface area contributed by atoms with E-state index in [9.17, 15) is 4.79 Å². The average molecular weight is 904 g/mol. The number of carbonyl (C=O) groups excluding carboxylic acids is 1. The van der Waals surface area contributed by atoms with Gasteiger partial charge < -0.3 is 25.1 Å². The highest BCUT2D eigenvalue weighted by molar-refractivity contribution is 5.98. The third-order valence-corrected chi connectivity index (χ3v) is 13.3. The van der Waals surface area contributed by atoms with Crippen LogP contribution in [0.5, 0.6) is 0 Å². The summed E-state index contributed by atoms with van der Waals surface area (Å²) in [6.45, 7) is 11.3. The van der Waals surface area contributed by atoms with Crippen LogP contribution in [0.3, 0.4) is 0 Å². The molecule has 5 N–H and O–H groups in total. The Labute approximate surface area is 389 Å². The largest absolute Gasteiger partial charge is 0.368 e. The lowest BCUT2D eigenvalue weighted by molar-refractivity contribution is -0.123. The summed E-state index contributed by atoms with van der Waals surface area (Å²) < 4.78 is 0. The van der Waals surface area contributed by atoms with Crippen molar-refractivity contribution in [3.63, 3.8) is 0 Å². The van der Waals surface area contributed by atoms with Gasteiger partial charge in [0, 0.05) is 67.2 Å². The number of aromatic amines is 4. The zero-order valence-electron chi connectivity index (χ0n) is 38.2. The van der Waals surface area contributed by atoms with Crippen LogP contribution in [0.1, 0.15) is 69.9 Å². The Morgan fingerprint density at radius 2 is 1.40 bits per heavy atom. The molecular weight excluding hydrogens is 855 g/mol. The monoisotopic (exact) mass is 903 g/mol. The van der Waals surface area contributed by atoms with E-state index in [-0.39, 0.29) is 11.8 Å². The second-order valence-corrected chi connectivity index (χ2v) is 19.0. The summed E-state index contributed by atoms with van der Waals surface area (Å²) in [5.74, 6) is 1.26. The van der Waals surface area contributed by atoms with E-state index in [1.807, 2.05) is 76.0 Å². The first-order chi connectivity index (χ1) is 33.1. The Morgan fingerprint density at radius 3 is 2.19 bits per heavy atom. The molecule has 12 heterocycles. The normalized spacial score (nSPS) is 15.9. The van der Waals surface area contributed by atoms with Crippen molar-refractivity contribution in [3.05, 3.63) is 91.0 Å². The molecular formula is C50H49N17O. The summed E-state index contributed by atoms with van der Waals surface area (Å²) >= 11 is 0. The first kappa shape index (κ1) is 41.3. The number of imidazole rings is 2. The minimum atomic E-state index is -0.550. The summed E-state index contributed by atoms with van der Waals surface area (Å²) in [5, 5.41) is 19.1. The van der Waals surface area contributed by atoms with Gasteiger partial charge in [0.25, 0.3) is 0 Å². The lowest BCUT2D eigenvalue weighted by atomic mass is 9.88. The van der Waals surface area contributed by atoms with Crippen LogP contribution >= 0.6 is 0 Å². The first-order valence-electron chi connectivity index (χ1n) is 23.2. The molecule has 0 aliphatic carbocycles. The number of carbonyl (C=O) groups is 1. The van der Waals surface area contributed by atoms with Crippen LogP contribution in [-0.2, 0) is 4.79 Å². The van der Waals surface area contributed by atoms with Crippen molar-refractivity contribution in [3.8, 4) is 45.6 Å². The van der Waals surface area contributed by atoms with E-state index in [1.54, 1.807) is 18.6 Å². The van der Waals surface area contributed by atoms with Crippen LogP contribution in [0, 0.1) is 12.3 Å². The van der Waals surface area contributed by atoms with Crippen LogP contribution in [0.2, 0.25) is 0 Å². The number of hydrogen-bond acceptors (Lipinski definition) is 13. The third-order valence-electron chi connectivity index (χ3n) is 13.3. The number of anilines is 3. The van der Waals surface area contributed by atoms with Crippen molar-refractivity contribution in [2.24, 2.45) is 5.41 Å². The maximum atomic E-state index is 12.7. The van der Waals surface area contributed by atoms with Crippen LogP contribution in [-0.4, -0.2) is 102 Å². The molecule has 2 aliphatic heterocycles. The maximum Gasteiger partial charge on any atom is 0.229 e. The van der Waals surface area contributed by atoms with Gasteiger partial charge in [0.2, 0.25) is 5.91 Å². The number of H-pyrrole nitrogens is 4. The van der Waals surface area contributed by atoms with E-state index in [0.29, 0.717) is 40.8 Å². The quantitative estimate of drug-likeness (QED) is 0.0961. The molecule has 10 aromatic heterocycles.